The van der Waals surface area contributed by atoms with E-state index in [-0.39, 0.29) is 6.61 Å². The Kier molecular flexibility index (Phi) is 4.22. The minimum absolute atomic E-state index is 0.0220. The third-order valence-electron chi connectivity index (χ3n) is 3.26. The van der Waals surface area contributed by atoms with E-state index < -0.39 is 5.67 Å². The first-order chi connectivity index (χ1) is 9.09. The van der Waals surface area contributed by atoms with Crippen molar-refractivity contribution >= 4 is 11.0 Å². The van der Waals surface area contributed by atoms with Crippen LogP contribution in [-0.2, 0) is 10.4 Å². The Bertz CT molecular complexity index is 552. The number of ether oxygens (including phenoxy) is 1. The van der Waals surface area contributed by atoms with E-state index in [1.165, 1.54) is 7.11 Å². The van der Waals surface area contributed by atoms with Crippen molar-refractivity contribution < 1.29 is 13.5 Å². The molecule has 0 saturated carbocycles. The van der Waals surface area contributed by atoms with Crippen molar-refractivity contribution in [1.29, 1.82) is 0 Å². The lowest BCUT2D eigenvalue weighted by atomic mass is 9.97. The summed E-state index contributed by atoms with van der Waals surface area (Å²) in [6.45, 7) is 2.43. The first-order valence-corrected chi connectivity index (χ1v) is 6.47. The van der Waals surface area contributed by atoms with E-state index in [2.05, 4.69) is 0 Å². The van der Waals surface area contributed by atoms with Crippen molar-refractivity contribution in [2.75, 3.05) is 20.3 Å². The minimum atomic E-state index is -1.61. The number of benzene rings is 1. The fourth-order valence-corrected chi connectivity index (χ4v) is 2.26. The van der Waals surface area contributed by atoms with Crippen LogP contribution in [0, 0.1) is 6.92 Å². The molecule has 4 heteroatoms. The first-order valence-electron chi connectivity index (χ1n) is 6.47. The molecule has 0 saturated heterocycles. The number of hydrogen-bond donors (Lipinski definition) is 1. The average Bonchev–Trinajstić information content (AvgIpc) is 2.80. The Hall–Kier alpha value is -1.39. The van der Waals surface area contributed by atoms with E-state index in [4.69, 9.17) is 14.9 Å². The molecule has 0 amide bonds. The number of alkyl halides is 1. The van der Waals surface area contributed by atoms with Crippen LogP contribution in [0.3, 0.4) is 0 Å². The monoisotopic (exact) mass is 265 g/mol. The topological polar surface area (TPSA) is 48.4 Å². The maximum atomic E-state index is 15.0. The predicted molar refractivity (Wildman–Crippen MR) is 73.9 cm³/mol. The Labute approximate surface area is 112 Å². The Morgan fingerprint density at radius 2 is 2.16 bits per heavy atom. The first kappa shape index (κ1) is 14.0. The highest BCUT2D eigenvalue weighted by atomic mass is 19.1. The van der Waals surface area contributed by atoms with E-state index in [0.29, 0.717) is 30.7 Å². The highest BCUT2D eigenvalue weighted by Crippen LogP contribution is 2.35. The minimum Gasteiger partial charge on any atom is -0.458 e. The largest absolute Gasteiger partial charge is 0.458 e. The lowest BCUT2D eigenvalue weighted by Crippen LogP contribution is -2.26. The molecule has 0 fully saturated rings. The molecule has 1 atom stereocenters. The van der Waals surface area contributed by atoms with Crippen molar-refractivity contribution in [3.63, 3.8) is 0 Å². The molecule has 0 aliphatic carbocycles. The van der Waals surface area contributed by atoms with Gasteiger partial charge in [0.05, 0.1) is 6.61 Å². The Morgan fingerprint density at radius 1 is 1.37 bits per heavy atom. The van der Waals surface area contributed by atoms with Crippen molar-refractivity contribution in [3.05, 3.63) is 35.6 Å². The second kappa shape index (κ2) is 5.72. The van der Waals surface area contributed by atoms with E-state index in [1.807, 2.05) is 25.1 Å². The molecule has 0 aliphatic rings. The van der Waals surface area contributed by atoms with Crippen LogP contribution in [0.4, 0.5) is 4.39 Å². The molecule has 2 aromatic rings. The van der Waals surface area contributed by atoms with Gasteiger partial charge < -0.3 is 14.9 Å². The number of halogens is 1. The van der Waals surface area contributed by atoms with Crippen molar-refractivity contribution in [2.24, 2.45) is 5.73 Å². The third-order valence-corrected chi connectivity index (χ3v) is 3.26. The molecule has 2 rings (SSSR count). The summed E-state index contributed by atoms with van der Waals surface area (Å²) in [6, 6.07) is 7.56. The number of hydrogen-bond acceptors (Lipinski definition) is 3. The summed E-state index contributed by atoms with van der Waals surface area (Å²) in [7, 11) is 1.49. The van der Waals surface area contributed by atoms with Crippen LogP contribution in [0.25, 0.3) is 11.0 Å². The molecule has 1 aromatic heterocycles. The van der Waals surface area contributed by atoms with Gasteiger partial charge in [0.25, 0.3) is 0 Å². The SMILES string of the molecule is COCC(F)(CCCN)c1cc2cc(C)ccc2o1. The molecule has 1 unspecified atom stereocenters. The summed E-state index contributed by atoms with van der Waals surface area (Å²) < 4.78 is 25.6. The van der Waals surface area contributed by atoms with Gasteiger partial charge in [-0.05, 0) is 44.5 Å². The van der Waals surface area contributed by atoms with Gasteiger partial charge in [-0.25, -0.2) is 4.39 Å². The average molecular weight is 265 g/mol. The summed E-state index contributed by atoms with van der Waals surface area (Å²) in [6.07, 6.45) is 0.895. The van der Waals surface area contributed by atoms with Crippen LogP contribution in [0.15, 0.2) is 28.7 Å². The van der Waals surface area contributed by atoms with Crippen molar-refractivity contribution in [3.8, 4) is 0 Å². The molecule has 3 nitrogen and oxygen atoms in total. The molecule has 104 valence electrons. The van der Waals surface area contributed by atoms with Crippen molar-refractivity contribution in [2.45, 2.75) is 25.4 Å². The van der Waals surface area contributed by atoms with Gasteiger partial charge in [0.15, 0.2) is 5.67 Å². The molecule has 0 aliphatic heterocycles. The molecule has 0 bridgehead atoms. The molecule has 1 heterocycles. The van der Waals surface area contributed by atoms with Crippen LogP contribution in [-0.4, -0.2) is 20.3 Å². The second-order valence-electron chi connectivity index (χ2n) is 4.94. The number of aryl methyl sites for hydroxylation is 1. The van der Waals surface area contributed by atoms with E-state index >= 15 is 0 Å². The summed E-state index contributed by atoms with van der Waals surface area (Å²) >= 11 is 0. The summed E-state index contributed by atoms with van der Waals surface area (Å²) in [5.41, 5.74) is 5.68. The Balaban J connectivity index is 2.38. The molecule has 0 spiro atoms. The maximum Gasteiger partial charge on any atom is 0.191 e. The summed E-state index contributed by atoms with van der Waals surface area (Å²) in [4.78, 5) is 0. The molecule has 2 N–H and O–H groups in total. The van der Waals surface area contributed by atoms with Crippen molar-refractivity contribution in [1.82, 2.24) is 0 Å². The lowest BCUT2D eigenvalue weighted by Gasteiger charge is -2.21. The number of nitrogens with two attached hydrogens (primary N) is 1. The fraction of sp³-hybridized carbons (Fsp3) is 0.467. The van der Waals surface area contributed by atoms with Gasteiger partial charge in [0, 0.05) is 12.5 Å². The van der Waals surface area contributed by atoms with Gasteiger partial charge in [-0.15, -0.1) is 0 Å². The zero-order chi connectivity index (χ0) is 13.9. The van der Waals surface area contributed by atoms with E-state index in [9.17, 15) is 4.39 Å². The Morgan fingerprint density at radius 3 is 2.84 bits per heavy atom. The van der Waals surface area contributed by atoms with Gasteiger partial charge in [0.1, 0.15) is 11.3 Å². The van der Waals surface area contributed by atoms with Gasteiger partial charge >= 0.3 is 0 Å². The zero-order valence-electron chi connectivity index (χ0n) is 11.4. The second-order valence-corrected chi connectivity index (χ2v) is 4.94. The molecule has 19 heavy (non-hydrogen) atoms. The standard InChI is InChI=1S/C15H20FNO2/c1-11-4-5-13-12(8-11)9-14(19-13)15(16,10-18-2)6-3-7-17/h4-5,8-9H,3,6-7,10,17H2,1-2H3. The molecule has 1 aromatic carbocycles. The highest BCUT2D eigenvalue weighted by Gasteiger charge is 2.35. The van der Waals surface area contributed by atoms with Crippen LogP contribution >= 0.6 is 0 Å². The van der Waals surface area contributed by atoms with E-state index in [0.717, 1.165) is 10.9 Å². The number of fused-ring (bicyclic) bond motifs is 1. The lowest BCUT2D eigenvalue weighted by molar-refractivity contribution is 0.0152. The van der Waals surface area contributed by atoms with Crippen LogP contribution in [0.1, 0.15) is 24.2 Å². The predicted octanol–water partition coefficient (Wildman–Crippen LogP) is 3.29. The third kappa shape index (κ3) is 2.96. The van der Waals surface area contributed by atoms with Gasteiger partial charge in [0.2, 0.25) is 0 Å². The van der Waals surface area contributed by atoms with Gasteiger partial charge in [-0.1, -0.05) is 11.6 Å². The fourth-order valence-electron chi connectivity index (χ4n) is 2.26. The van der Waals surface area contributed by atoms with Crippen LogP contribution in [0.2, 0.25) is 0 Å². The zero-order valence-corrected chi connectivity index (χ0v) is 11.4. The smallest absolute Gasteiger partial charge is 0.191 e. The van der Waals surface area contributed by atoms with Crippen LogP contribution in [0.5, 0.6) is 0 Å². The van der Waals surface area contributed by atoms with Gasteiger partial charge in [-0.3, -0.25) is 0 Å². The normalized spacial score (nSPS) is 14.7. The summed E-state index contributed by atoms with van der Waals surface area (Å²) in [5.74, 6) is 0.323. The van der Waals surface area contributed by atoms with Crippen LogP contribution < -0.4 is 5.73 Å². The highest BCUT2D eigenvalue weighted by molar-refractivity contribution is 5.78. The molecular weight excluding hydrogens is 245 g/mol. The number of furan rings is 1. The summed E-state index contributed by atoms with van der Waals surface area (Å²) in [5, 5.41) is 0.917. The maximum absolute atomic E-state index is 15.0. The number of rotatable bonds is 6. The van der Waals surface area contributed by atoms with Gasteiger partial charge in [-0.2, -0.15) is 0 Å². The quantitative estimate of drug-likeness (QED) is 0.871. The molecule has 0 radical (unpaired) electrons. The number of methoxy groups -OCH3 is 1. The molecular formula is C15H20FNO2. The van der Waals surface area contributed by atoms with E-state index in [1.54, 1.807) is 6.07 Å².